The number of allylic oxidation sites excluding steroid dienone is 1. The fourth-order valence-corrected chi connectivity index (χ4v) is 5.87. The Morgan fingerprint density at radius 2 is 1.73 bits per heavy atom. The molecule has 2 fully saturated rings. The molecule has 0 atom stereocenters. The first-order chi connectivity index (χ1) is 15.6. The lowest BCUT2D eigenvalue weighted by Gasteiger charge is -2.31. The first kappa shape index (κ1) is 24.2. The summed E-state index contributed by atoms with van der Waals surface area (Å²) in [6.45, 7) is 0.598. The molecule has 2 heterocycles. The van der Waals surface area contributed by atoms with E-state index in [0.717, 1.165) is 41.9 Å². The van der Waals surface area contributed by atoms with Crippen molar-refractivity contribution < 1.29 is 21.6 Å². The number of piperidine rings is 1. The smallest absolute Gasteiger partial charge is 0.351 e. The second-order valence-electron chi connectivity index (χ2n) is 8.28. The number of rotatable bonds is 5. The normalized spacial score (nSPS) is 18.5. The Morgan fingerprint density at radius 1 is 1.09 bits per heavy atom. The molecule has 2 aromatic rings. The van der Waals surface area contributed by atoms with E-state index in [-0.39, 0.29) is 22.6 Å². The van der Waals surface area contributed by atoms with Gasteiger partial charge >= 0.3 is 6.18 Å². The van der Waals surface area contributed by atoms with Gasteiger partial charge < -0.3 is 5.32 Å². The number of hydrogen-bond donors (Lipinski definition) is 1. The summed E-state index contributed by atoms with van der Waals surface area (Å²) in [5.41, 5.74) is 0.00613. The number of anilines is 1. The van der Waals surface area contributed by atoms with E-state index in [2.05, 4.69) is 31.2 Å². The molecule has 1 aromatic carbocycles. The van der Waals surface area contributed by atoms with Crippen molar-refractivity contribution in [1.29, 1.82) is 0 Å². The molecule has 1 N–H and O–H groups in total. The molecule has 1 aliphatic carbocycles. The predicted octanol–water partition coefficient (Wildman–Crippen LogP) is 5.48. The minimum Gasteiger partial charge on any atom is -0.351 e. The second-order valence-corrected chi connectivity index (χ2v) is 11.1. The van der Waals surface area contributed by atoms with Crippen LogP contribution in [0, 0.1) is 0 Å². The third-order valence-corrected chi connectivity index (χ3v) is 8.39. The van der Waals surface area contributed by atoms with E-state index in [1.807, 2.05) is 0 Å². The predicted molar refractivity (Wildman–Crippen MR) is 123 cm³/mol. The van der Waals surface area contributed by atoms with Gasteiger partial charge in [-0.2, -0.15) is 17.5 Å². The topological polar surface area (TPSA) is 75.2 Å². The Labute approximate surface area is 199 Å². The van der Waals surface area contributed by atoms with Crippen molar-refractivity contribution >= 4 is 38.0 Å². The summed E-state index contributed by atoms with van der Waals surface area (Å²) in [5.74, 6) is 0.127. The number of sulfonamides is 1. The Kier molecular flexibility index (Phi) is 7.11. The van der Waals surface area contributed by atoms with Crippen molar-refractivity contribution in [2.45, 2.75) is 55.6 Å². The van der Waals surface area contributed by atoms with Gasteiger partial charge in [-0.05, 0) is 68.9 Å². The Hall–Kier alpha value is -1.98. The minimum atomic E-state index is -4.53. The van der Waals surface area contributed by atoms with E-state index in [1.165, 1.54) is 10.4 Å². The maximum Gasteiger partial charge on any atom is 0.419 e. The van der Waals surface area contributed by atoms with Crippen LogP contribution in [0.4, 0.5) is 19.1 Å². The molecule has 0 unspecified atom stereocenters. The van der Waals surface area contributed by atoms with Gasteiger partial charge in [0, 0.05) is 29.8 Å². The van der Waals surface area contributed by atoms with Crippen LogP contribution in [-0.4, -0.2) is 41.8 Å². The highest BCUT2D eigenvalue weighted by molar-refractivity contribution is 9.10. The molecule has 11 heteroatoms. The molecule has 6 nitrogen and oxygen atoms in total. The van der Waals surface area contributed by atoms with Gasteiger partial charge in [0.25, 0.3) is 0 Å². The number of aromatic nitrogens is 2. The zero-order chi connectivity index (χ0) is 23.6. The van der Waals surface area contributed by atoms with Crippen molar-refractivity contribution in [3.63, 3.8) is 0 Å². The van der Waals surface area contributed by atoms with Gasteiger partial charge in [-0.3, -0.25) is 0 Å². The van der Waals surface area contributed by atoms with Crippen LogP contribution in [0.5, 0.6) is 0 Å². The monoisotopic (exact) mass is 544 g/mol. The van der Waals surface area contributed by atoms with Crippen LogP contribution >= 0.6 is 15.9 Å². The first-order valence-electron chi connectivity index (χ1n) is 10.8. The molecule has 0 amide bonds. The summed E-state index contributed by atoms with van der Waals surface area (Å²) < 4.78 is 68.2. The van der Waals surface area contributed by atoms with E-state index < -0.39 is 21.8 Å². The van der Waals surface area contributed by atoms with Crippen LogP contribution in [0.2, 0.25) is 0 Å². The molecule has 1 aliphatic heterocycles. The first-order valence-corrected chi connectivity index (χ1v) is 13.0. The summed E-state index contributed by atoms with van der Waals surface area (Å²) in [6, 6.07) is 6.34. The summed E-state index contributed by atoms with van der Waals surface area (Å²) >= 11 is 3.30. The van der Waals surface area contributed by atoms with Crippen LogP contribution in [0.3, 0.4) is 0 Å². The highest BCUT2D eigenvalue weighted by atomic mass is 79.9. The van der Waals surface area contributed by atoms with Gasteiger partial charge in [0.1, 0.15) is 0 Å². The molecule has 1 saturated heterocycles. The zero-order valence-corrected chi connectivity index (χ0v) is 20.2. The van der Waals surface area contributed by atoms with Crippen LogP contribution < -0.4 is 5.32 Å². The van der Waals surface area contributed by atoms with E-state index in [4.69, 9.17) is 0 Å². The maximum absolute atomic E-state index is 13.4. The second kappa shape index (κ2) is 9.71. The number of alkyl halides is 3. The summed E-state index contributed by atoms with van der Waals surface area (Å²) in [6.07, 6.45) is 2.35. The van der Waals surface area contributed by atoms with Crippen LogP contribution in [0.1, 0.15) is 49.8 Å². The third-order valence-electron chi connectivity index (χ3n) is 5.95. The van der Waals surface area contributed by atoms with Crippen molar-refractivity contribution in [3.05, 3.63) is 51.8 Å². The van der Waals surface area contributed by atoms with Gasteiger partial charge in [0.15, 0.2) is 0 Å². The lowest BCUT2D eigenvalue weighted by Crippen LogP contribution is -2.42. The number of halogens is 4. The van der Waals surface area contributed by atoms with Gasteiger partial charge in [-0.1, -0.05) is 21.5 Å². The van der Waals surface area contributed by atoms with Crippen molar-refractivity contribution in [1.82, 2.24) is 14.3 Å². The lowest BCUT2D eigenvalue weighted by atomic mass is 10.1. The highest BCUT2D eigenvalue weighted by Crippen LogP contribution is 2.34. The van der Waals surface area contributed by atoms with Crippen molar-refractivity contribution in [2.75, 3.05) is 18.4 Å². The maximum atomic E-state index is 13.4. The fraction of sp³-hybridized carbons (Fsp3) is 0.455. The Bertz CT molecular complexity index is 1120. The molecule has 33 heavy (non-hydrogen) atoms. The molecule has 2 aliphatic rings. The Morgan fingerprint density at radius 3 is 2.33 bits per heavy atom. The minimum absolute atomic E-state index is 0.118. The summed E-state index contributed by atoms with van der Waals surface area (Å²) in [4.78, 5) is 8.29. The van der Waals surface area contributed by atoms with E-state index in [0.29, 0.717) is 25.9 Å². The lowest BCUT2D eigenvalue weighted by molar-refractivity contribution is -0.138. The SMILES string of the molecule is O=S(=O)(c1ccc(Br)cc1)N1CCC(Nc2ncc(C(F)(F)F)c(C=C3CCCC3)n2)CC1. The van der Waals surface area contributed by atoms with Crippen LogP contribution in [0.15, 0.2) is 45.4 Å². The largest absolute Gasteiger partial charge is 0.419 e. The molecule has 0 radical (unpaired) electrons. The third kappa shape index (κ3) is 5.75. The van der Waals surface area contributed by atoms with Gasteiger partial charge in [0.2, 0.25) is 16.0 Å². The standard InChI is InChI=1S/C22H24BrF3N4O2S/c23-16-5-7-18(8-6-16)33(31,32)30-11-9-17(10-12-30)28-21-27-14-19(22(24,25)26)20(29-21)13-15-3-1-2-4-15/h5-8,13-14,17H,1-4,9-12H2,(H,27,28,29). The number of nitrogens with one attached hydrogen (secondary N) is 1. The zero-order valence-electron chi connectivity index (χ0n) is 17.8. The molecule has 0 spiro atoms. The van der Waals surface area contributed by atoms with Gasteiger partial charge in [-0.25, -0.2) is 18.4 Å². The molecule has 4 rings (SSSR count). The van der Waals surface area contributed by atoms with E-state index in [1.54, 1.807) is 24.3 Å². The highest BCUT2D eigenvalue weighted by Gasteiger charge is 2.35. The van der Waals surface area contributed by atoms with E-state index >= 15 is 0 Å². The quantitative estimate of drug-likeness (QED) is 0.539. The average Bonchev–Trinajstić information content (AvgIpc) is 3.27. The van der Waals surface area contributed by atoms with Gasteiger partial charge in [-0.15, -0.1) is 0 Å². The summed E-state index contributed by atoms with van der Waals surface area (Å²) in [7, 11) is -3.60. The molecule has 1 aromatic heterocycles. The Balaban J connectivity index is 1.45. The number of hydrogen-bond acceptors (Lipinski definition) is 5. The molecule has 0 bridgehead atoms. The van der Waals surface area contributed by atoms with Crippen molar-refractivity contribution in [2.24, 2.45) is 0 Å². The van der Waals surface area contributed by atoms with Crippen LogP contribution in [0.25, 0.3) is 6.08 Å². The average molecular weight is 545 g/mol. The summed E-state index contributed by atoms with van der Waals surface area (Å²) in [5, 5.41) is 3.10. The molecule has 1 saturated carbocycles. The number of benzene rings is 1. The van der Waals surface area contributed by atoms with E-state index in [9.17, 15) is 21.6 Å². The molecule has 178 valence electrons. The van der Waals surface area contributed by atoms with Gasteiger partial charge in [0.05, 0.1) is 16.2 Å². The number of nitrogens with zero attached hydrogens (tertiary/aromatic N) is 3. The van der Waals surface area contributed by atoms with Crippen molar-refractivity contribution in [3.8, 4) is 0 Å². The van der Waals surface area contributed by atoms with Crippen LogP contribution in [-0.2, 0) is 16.2 Å². The fourth-order valence-electron chi connectivity index (χ4n) is 4.14. The molecular weight excluding hydrogens is 521 g/mol. The molecular formula is C22H24BrF3N4O2S.